The molecule has 0 saturated heterocycles. The number of carbonyl (C=O) groups is 1. The summed E-state index contributed by atoms with van der Waals surface area (Å²) in [4.78, 5) is 15.8. The Labute approximate surface area is 115 Å². The van der Waals surface area contributed by atoms with Crippen LogP contribution in [0.15, 0.2) is 12.4 Å². The molecule has 1 aliphatic rings. The van der Waals surface area contributed by atoms with Gasteiger partial charge in [-0.15, -0.1) is 5.10 Å². The van der Waals surface area contributed by atoms with Crippen molar-refractivity contribution in [1.82, 2.24) is 25.0 Å². The molecule has 8 heteroatoms. The van der Waals surface area contributed by atoms with Gasteiger partial charge in [0.1, 0.15) is 5.54 Å². The molecule has 2 heterocycles. The molecule has 8 nitrogen and oxygen atoms in total. The third-order valence-corrected chi connectivity index (χ3v) is 3.88. The van der Waals surface area contributed by atoms with Gasteiger partial charge in [-0.05, 0) is 29.2 Å². The van der Waals surface area contributed by atoms with E-state index >= 15 is 0 Å². The standard InChI is InChI=1S/C12H16N6O2/c1-8-3-2-4-12(5-8,11(19)20)14-9-6-13-7-10-15-16-17-18(9)10/h6-8,14H,2-5H2,1H3,(H,19,20). The number of carboxylic acid groups (broad SMARTS) is 1. The minimum atomic E-state index is -0.973. The first kappa shape index (κ1) is 12.8. The normalized spacial score (nSPS) is 26.6. The van der Waals surface area contributed by atoms with E-state index in [0.29, 0.717) is 30.2 Å². The van der Waals surface area contributed by atoms with Crippen LogP contribution in [0.1, 0.15) is 32.6 Å². The Balaban J connectivity index is 1.98. The van der Waals surface area contributed by atoms with E-state index in [-0.39, 0.29) is 0 Å². The van der Waals surface area contributed by atoms with Crippen molar-refractivity contribution in [2.24, 2.45) is 5.92 Å². The van der Waals surface area contributed by atoms with Crippen molar-refractivity contribution in [3.8, 4) is 0 Å². The van der Waals surface area contributed by atoms with Gasteiger partial charge in [0.15, 0.2) is 11.5 Å². The quantitative estimate of drug-likeness (QED) is 0.860. The van der Waals surface area contributed by atoms with Crippen molar-refractivity contribution in [2.75, 3.05) is 5.32 Å². The second-order valence-electron chi connectivity index (χ2n) is 5.46. The molecule has 0 spiro atoms. The number of anilines is 1. The lowest BCUT2D eigenvalue weighted by Crippen LogP contribution is -2.50. The fraction of sp³-hybridized carbons (Fsp3) is 0.583. The number of nitrogens with one attached hydrogen (secondary N) is 1. The summed E-state index contributed by atoms with van der Waals surface area (Å²) in [7, 11) is 0. The first-order chi connectivity index (χ1) is 9.61. The lowest BCUT2D eigenvalue weighted by Gasteiger charge is -2.37. The number of aliphatic carboxylic acids is 1. The highest BCUT2D eigenvalue weighted by Gasteiger charge is 2.42. The summed E-state index contributed by atoms with van der Waals surface area (Å²) >= 11 is 0. The summed E-state index contributed by atoms with van der Waals surface area (Å²) in [6.07, 6.45) is 6.20. The Hall–Kier alpha value is -2.25. The van der Waals surface area contributed by atoms with Crippen LogP contribution >= 0.6 is 0 Å². The summed E-state index contributed by atoms with van der Waals surface area (Å²) in [5.74, 6) is 0.0338. The van der Waals surface area contributed by atoms with Crippen LogP contribution in [-0.2, 0) is 4.79 Å². The topological polar surface area (TPSA) is 105 Å². The fourth-order valence-electron chi connectivity index (χ4n) is 2.92. The van der Waals surface area contributed by atoms with Gasteiger partial charge >= 0.3 is 5.97 Å². The van der Waals surface area contributed by atoms with Crippen molar-refractivity contribution >= 4 is 17.4 Å². The van der Waals surface area contributed by atoms with Crippen LogP contribution in [-0.4, -0.2) is 41.6 Å². The molecule has 20 heavy (non-hydrogen) atoms. The van der Waals surface area contributed by atoms with Crippen molar-refractivity contribution in [3.63, 3.8) is 0 Å². The zero-order valence-electron chi connectivity index (χ0n) is 11.2. The van der Waals surface area contributed by atoms with Crippen molar-refractivity contribution in [2.45, 2.75) is 38.1 Å². The van der Waals surface area contributed by atoms with Crippen LogP contribution in [0.4, 0.5) is 5.82 Å². The minimum absolute atomic E-state index is 0.369. The van der Waals surface area contributed by atoms with Gasteiger partial charge in [0.05, 0.1) is 12.4 Å². The molecule has 106 valence electrons. The van der Waals surface area contributed by atoms with Crippen LogP contribution in [0.25, 0.3) is 5.65 Å². The number of nitrogens with zero attached hydrogens (tertiary/aromatic N) is 5. The van der Waals surface area contributed by atoms with Gasteiger partial charge in [0.2, 0.25) is 0 Å². The van der Waals surface area contributed by atoms with E-state index in [4.69, 9.17) is 0 Å². The zero-order chi connectivity index (χ0) is 14.2. The van der Waals surface area contributed by atoms with E-state index in [1.807, 2.05) is 0 Å². The van der Waals surface area contributed by atoms with E-state index < -0.39 is 11.5 Å². The third kappa shape index (κ3) is 2.06. The van der Waals surface area contributed by atoms with Gasteiger partial charge in [-0.3, -0.25) is 4.98 Å². The average molecular weight is 276 g/mol. The average Bonchev–Trinajstić information content (AvgIpc) is 2.88. The van der Waals surface area contributed by atoms with Crippen LogP contribution in [0.3, 0.4) is 0 Å². The number of tetrazole rings is 1. The molecule has 2 unspecified atom stereocenters. The van der Waals surface area contributed by atoms with Crippen molar-refractivity contribution < 1.29 is 9.90 Å². The summed E-state index contributed by atoms with van der Waals surface area (Å²) in [5.41, 5.74) is -0.487. The number of fused-ring (bicyclic) bond motifs is 1. The van der Waals surface area contributed by atoms with E-state index in [2.05, 4.69) is 32.7 Å². The Morgan fingerprint density at radius 2 is 2.40 bits per heavy atom. The smallest absolute Gasteiger partial charge is 0.329 e. The molecule has 2 aromatic heterocycles. The van der Waals surface area contributed by atoms with Gasteiger partial charge in [-0.2, -0.15) is 4.52 Å². The molecule has 3 rings (SSSR count). The number of hydrogen-bond acceptors (Lipinski definition) is 6. The number of hydrogen-bond donors (Lipinski definition) is 2. The molecule has 2 atom stereocenters. The molecule has 0 amide bonds. The highest BCUT2D eigenvalue weighted by atomic mass is 16.4. The SMILES string of the molecule is CC1CCCC(Nc2cncc3nnnn23)(C(=O)O)C1. The zero-order valence-corrected chi connectivity index (χ0v) is 11.2. The summed E-state index contributed by atoms with van der Waals surface area (Å²) < 4.78 is 1.47. The molecule has 0 radical (unpaired) electrons. The fourth-order valence-corrected chi connectivity index (χ4v) is 2.92. The second kappa shape index (κ2) is 4.69. The predicted octanol–water partition coefficient (Wildman–Crippen LogP) is 0.965. The van der Waals surface area contributed by atoms with E-state index in [1.165, 1.54) is 10.7 Å². The molecular weight excluding hydrogens is 260 g/mol. The molecule has 0 aromatic carbocycles. The molecule has 1 saturated carbocycles. The Morgan fingerprint density at radius 1 is 1.55 bits per heavy atom. The minimum Gasteiger partial charge on any atom is -0.480 e. The lowest BCUT2D eigenvalue weighted by molar-refractivity contribution is -0.144. The highest BCUT2D eigenvalue weighted by molar-refractivity contribution is 5.82. The van der Waals surface area contributed by atoms with Crippen LogP contribution in [0, 0.1) is 5.92 Å². The van der Waals surface area contributed by atoms with Gasteiger partial charge in [0, 0.05) is 0 Å². The third-order valence-electron chi connectivity index (χ3n) is 3.88. The van der Waals surface area contributed by atoms with Crippen molar-refractivity contribution in [3.05, 3.63) is 12.4 Å². The first-order valence-electron chi connectivity index (χ1n) is 6.64. The number of carboxylic acids is 1. The maximum atomic E-state index is 11.8. The van der Waals surface area contributed by atoms with Crippen molar-refractivity contribution in [1.29, 1.82) is 0 Å². The van der Waals surface area contributed by atoms with Gasteiger partial charge in [0.25, 0.3) is 0 Å². The van der Waals surface area contributed by atoms with E-state index in [0.717, 1.165) is 12.8 Å². The molecule has 2 aromatic rings. The van der Waals surface area contributed by atoms with Gasteiger partial charge < -0.3 is 10.4 Å². The molecule has 2 N–H and O–H groups in total. The van der Waals surface area contributed by atoms with Gasteiger partial charge in [-0.1, -0.05) is 19.8 Å². The molecule has 1 aliphatic carbocycles. The highest BCUT2D eigenvalue weighted by Crippen LogP contribution is 2.35. The van der Waals surface area contributed by atoms with E-state index in [1.54, 1.807) is 6.20 Å². The maximum Gasteiger partial charge on any atom is 0.329 e. The number of aromatic nitrogens is 5. The Kier molecular flexibility index (Phi) is 3.00. The molecular formula is C12H16N6O2. The monoisotopic (exact) mass is 276 g/mol. The summed E-state index contributed by atoms with van der Waals surface area (Å²) in [6, 6.07) is 0. The molecule has 1 fully saturated rings. The largest absolute Gasteiger partial charge is 0.480 e. The second-order valence-corrected chi connectivity index (χ2v) is 5.46. The maximum absolute atomic E-state index is 11.8. The lowest BCUT2D eigenvalue weighted by atomic mass is 9.76. The number of rotatable bonds is 3. The first-order valence-corrected chi connectivity index (χ1v) is 6.64. The van der Waals surface area contributed by atoms with Gasteiger partial charge in [-0.25, -0.2) is 4.79 Å². The summed E-state index contributed by atoms with van der Waals surface area (Å²) in [6.45, 7) is 2.08. The van der Waals surface area contributed by atoms with Crippen LogP contribution in [0.5, 0.6) is 0 Å². The van der Waals surface area contributed by atoms with E-state index in [9.17, 15) is 9.90 Å². The molecule has 0 bridgehead atoms. The predicted molar refractivity (Wildman–Crippen MR) is 70.2 cm³/mol. The Bertz CT molecular complexity index is 642. The summed E-state index contributed by atoms with van der Waals surface area (Å²) in [5, 5.41) is 24.0. The van der Waals surface area contributed by atoms with Crippen LogP contribution < -0.4 is 5.32 Å². The molecule has 0 aliphatic heterocycles. The van der Waals surface area contributed by atoms with Crippen LogP contribution in [0.2, 0.25) is 0 Å². The Morgan fingerprint density at radius 3 is 3.15 bits per heavy atom.